The first kappa shape index (κ1) is 34.1. The molecule has 1 aromatic carbocycles. The van der Waals surface area contributed by atoms with E-state index in [-0.39, 0.29) is 17.9 Å². The molecule has 0 spiro atoms. The summed E-state index contributed by atoms with van der Waals surface area (Å²) in [5.74, 6) is -1.85. The maximum atomic E-state index is 12.8. The van der Waals surface area contributed by atoms with E-state index in [9.17, 15) is 19.2 Å². The molecule has 2 N–H and O–H groups in total. The van der Waals surface area contributed by atoms with Crippen LogP contribution in [-0.4, -0.2) is 42.1 Å². The predicted molar refractivity (Wildman–Crippen MR) is 148 cm³/mol. The summed E-state index contributed by atoms with van der Waals surface area (Å²) >= 11 is 0. The van der Waals surface area contributed by atoms with Gasteiger partial charge in [0, 0.05) is 0 Å². The van der Waals surface area contributed by atoms with Crippen molar-refractivity contribution in [1.82, 2.24) is 0 Å². The van der Waals surface area contributed by atoms with Gasteiger partial charge < -0.3 is 24.7 Å². The zero-order valence-corrected chi connectivity index (χ0v) is 25.4. The van der Waals surface area contributed by atoms with Gasteiger partial charge in [0.1, 0.15) is 18.2 Å². The molecular weight excluding hydrogens is 502 g/mol. The molecule has 0 amide bonds. The Morgan fingerprint density at radius 1 is 0.744 bits per heavy atom. The molecule has 220 valence electrons. The third kappa shape index (κ3) is 9.95. The number of hydrogen-bond donors (Lipinski definition) is 1. The fourth-order valence-electron chi connectivity index (χ4n) is 2.75. The van der Waals surface area contributed by atoms with Crippen LogP contribution in [0, 0.1) is 16.2 Å². The summed E-state index contributed by atoms with van der Waals surface area (Å²) in [7, 11) is 0. The third-order valence-electron chi connectivity index (χ3n) is 6.91. The molecule has 0 aliphatic carbocycles. The average molecular weight is 550 g/mol. The van der Waals surface area contributed by atoms with Gasteiger partial charge in [0.05, 0.1) is 16.2 Å². The smallest absolute Gasteiger partial charge is 0.323 e. The van der Waals surface area contributed by atoms with E-state index in [0.29, 0.717) is 18.4 Å². The van der Waals surface area contributed by atoms with Gasteiger partial charge in [0.25, 0.3) is 0 Å². The molecule has 0 radical (unpaired) electrons. The van der Waals surface area contributed by atoms with E-state index in [1.807, 2.05) is 13.8 Å². The van der Waals surface area contributed by atoms with Gasteiger partial charge in [-0.1, -0.05) is 19.9 Å². The van der Waals surface area contributed by atoms with Crippen LogP contribution in [0.4, 0.5) is 0 Å². The molecule has 39 heavy (non-hydrogen) atoms. The molecule has 9 heteroatoms. The number of hydrogen-bond acceptors (Lipinski definition) is 9. The third-order valence-corrected chi connectivity index (χ3v) is 6.91. The summed E-state index contributed by atoms with van der Waals surface area (Å²) in [6.45, 7) is 19.3. The van der Waals surface area contributed by atoms with Gasteiger partial charge in [-0.05, 0) is 99.3 Å². The second-order valence-corrected chi connectivity index (χ2v) is 12.3. The SMILES string of the molecule is CCC(C)(C)C(=O)Oc1ccc(C[C@H](N)C(=O)O[C@@H](C)C(C)OC(=O)C(C)(C)C)cc1OC(=O)C(C)(C)CC. The standard InChI is InChI=1S/C30H47NO8/c1-12-29(8,9)26(34)38-22-15-14-20(17-23(22)39-27(35)30(10,11)13-2)16-21(31)24(32)36-18(3)19(4)37-25(33)28(5,6)7/h14-15,17-19,21H,12-13,16,31H2,1-11H3/t18-,19?,21-/m0/s1. The minimum Gasteiger partial charge on any atom is -0.458 e. The minimum absolute atomic E-state index is 0.0657. The molecule has 0 fully saturated rings. The molecule has 0 heterocycles. The average Bonchev–Trinajstić information content (AvgIpc) is 2.84. The summed E-state index contributed by atoms with van der Waals surface area (Å²) in [4.78, 5) is 50.4. The van der Waals surface area contributed by atoms with Crippen molar-refractivity contribution in [3.8, 4) is 11.5 Å². The lowest BCUT2D eigenvalue weighted by atomic mass is 9.90. The van der Waals surface area contributed by atoms with Gasteiger partial charge in [-0.15, -0.1) is 0 Å². The van der Waals surface area contributed by atoms with E-state index >= 15 is 0 Å². The monoisotopic (exact) mass is 549 g/mol. The Morgan fingerprint density at radius 2 is 1.21 bits per heavy atom. The highest BCUT2D eigenvalue weighted by molar-refractivity contribution is 5.82. The Bertz CT molecular complexity index is 1040. The van der Waals surface area contributed by atoms with Crippen LogP contribution in [0.25, 0.3) is 0 Å². The number of ether oxygens (including phenoxy) is 4. The van der Waals surface area contributed by atoms with Crippen molar-refractivity contribution in [1.29, 1.82) is 0 Å². The maximum absolute atomic E-state index is 12.8. The van der Waals surface area contributed by atoms with Gasteiger partial charge in [-0.25, -0.2) is 0 Å². The van der Waals surface area contributed by atoms with E-state index < -0.39 is 58.4 Å². The molecule has 9 nitrogen and oxygen atoms in total. The molecule has 0 aliphatic heterocycles. The van der Waals surface area contributed by atoms with Gasteiger partial charge >= 0.3 is 23.9 Å². The van der Waals surface area contributed by atoms with Crippen molar-refractivity contribution < 1.29 is 38.1 Å². The normalized spacial score (nSPS) is 14.6. The summed E-state index contributed by atoms with van der Waals surface area (Å²) in [6, 6.07) is 3.67. The molecule has 0 saturated carbocycles. The van der Waals surface area contributed by atoms with Crippen LogP contribution < -0.4 is 15.2 Å². The Hall–Kier alpha value is -2.94. The van der Waals surface area contributed by atoms with Crippen LogP contribution >= 0.6 is 0 Å². The molecule has 0 saturated heterocycles. The van der Waals surface area contributed by atoms with E-state index in [2.05, 4.69) is 0 Å². The number of esters is 4. The molecule has 1 unspecified atom stereocenters. The van der Waals surface area contributed by atoms with Crippen LogP contribution in [0.5, 0.6) is 11.5 Å². The van der Waals surface area contributed by atoms with E-state index in [1.165, 1.54) is 12.1 Å². The van der Waals surface area contributed by atoms with E-state index in [0.717, 1.165) is 0 Å². The summed E-state index contributed by atoms with van der Waals surface area (Å²) in [5, 5.41) is 0. The summed E-state index contributed by atoms with van der Waals surface area (Å²) in [6.07, 6.45) is -0.209. The van der Waals surface area contributed by atoms with Crippen LogP contribution in [0.3, 0.4) is 0 Å². The minimum atomic E-state index is -1.04. The van der Waals surface area contributed by atoms with E-state index in [1.54, 1.807) is 68.4 Å². The molecule has 0 bridgehead atoms. The summed E-state index contributed by atoms with van der Waals surface area (Å²) < 4.78 is 22.1. The van der Waals surface area contributed by atoms with Crippen molar-refractivity contribution in [2.75, 3.05) is 0 Å². The van der Waals surface area contributed by atoms with Crippen molar-refractivity contribution in [2.45, 2.75) is 114 Å². The number of nitrogens with two attached hydrogens (primary N) is 1. The lowest BCUT2D eigenvalue weighted by Crippen LogP contribution is -2.40. The fraction of sp³-hybridized carbons (Fsp3) is 0.667. The highest BCUT2D eigenvalue weighted by Gasteiger charge is 2.32. The van der Waals surface area contributed by atoms with Crippen LogP contribution in [0.1, 0.15) is 94.6 Å². The second-order valence-electron chi connectivity index (χ2n) is 12.3. The highest BCUT2D eigenvalue weighted by Crippen LogP contribution is 2.34. The van der Waals surface area contributed by atoms with Gasteiger partial charge in [0.2, 0.25) is 0 Å². The number of benzene rings is 1. The molecule has 0 aliphatic rings. The first-order valence-electron chi connectivity index (χ1n) is 13.5. The second kappa shape index (κ2) is 13.4. The summed E-state index contributed by atoms with van der Waals surface area (Å²) in [5.41, 5.74) is 4.53. The zero-order chi connectivity index (χ0) is 30.3. The Balaban J connectivity index is 3.09. The van der Waals surface area contributed by atoms with Crippen molar-refractivity contribution in [2.24, 2.45) is 22.0 Å². The Labute approximate surface area is 233 Å². The first-order chi connectivity index (χ1) is 17.7. The highest BCUT2D eigenvalue weighted by atomic mass is 16.6. The van der Waals surface area contributed by atoms with Crippen molar-refractivity contribution in [3.63, 3.8) is 0 Å². The van der Waals surface area contributed by atoms with E-state index in [4.69, 9.17) is 24.7 Å². The van der Waals surface area contributed by atoms with Crippen LogP contribution in [-0.2, 0) is 35.1 Å². The number of carbonyl (C=O) groups is 4. The maximum Gasteiger partial charge on any atom is 0.323 e. The van der Waals surface area contributed by atoms with Crippen LogP contribution in [0.2, 0.25) is 0 Å². The van der Waals surface area contributed by atoms with Gasteiger partial charge in [-0.2, -0.15) is 0 Å². The molecule has 3 atom stereocenters. The van der Waals surface area contributed by atoms with Crippen LogP contribution in [0.15, 0.2) is 18.2 Å². The Kier molecular flexibility index (Phi) is 11.7. The largest absolute Gasteiger partial charge is 0.458 e. The molecule has 1 aromatic rings. The predicted octanol–water partition coefficient (Wildman–Crippen LogP) is 5.15. The quantitative estimate of drug-likeness (QED) is 0.278. The van der Waals surface area contributed by atoms with Crippen molar-refractivity contribution >= 4 is 23.9 Å². The molecular formula is C30H47NO8. The van der Waals surface area contributed by atoms with Gasteiger partial charge in [-0.3, -0.25) is 19.2 Å². The topological polar surface area (TPSA) is 131 Å². The van der Waals surface area contributed by atoms with Gasteiger partial charge in [0.15, 0.2) is 11.5 Å². The number of carbonyl (C=O) groups excluding carboxylic acids is 4. The number of rotatable bonds is 12. The lowest BCUT2D eigenvalue weighted by molar-refractivity contribution is -0.171. The van der Waals surface area contributed by atoms with Crippen molar-refractivity contribution in [3.05, 3.63) is 23.8 Å². The lowest BCUT2D eigenvalue weighted by Gasteiger charge is -2.26. The first-order valence-corrected chi connectivity index (χ1v) is 13.5. The zero-order valence-electron chi connectivity index (χ0n) is 25.4. The fourth-order valence-corrected chi connectivity index (χ4v) is 2.75. The molecule has 0 aromatic heterocycles. The molecule has 1 rings (SSSR count). The Morgan fingerprint density at radius 3 is 1.67 bits per heavy atom.